The molecule has 17 heavy (non-hydrogen) atoms. The number of nitrogens with zero attached hydrogens (tertiary/aromatic N) is 1. The van der Waals surface area contributed by atoms with Crippen LogP contribution in [0.1, 0.15) is 24.8 Å². The molecule has 1 aliphatic rings. The van der Waals surface area contributed by atoms with Crippen molar-refractivity contribution in [2.24, 2.45) is 5.90 Å². The monoisotopic (exact) mass is 254 g/mol. The zero-order valence-corrected chi connectivity index (χ0v) is 10.9. The minimum atomic E-state index is 0.368. The van der Waals surface area contributed by atoms with Crippen molar-refractivity contribution >= 4 is 17.3 Å². The molecule has 0 amide bonds. The normalized spacial score (nSPS) is 20.6. The first-order valence-electron chi connectivity index (χ1n) is 6.07. The highest BCUT2D eigenvalue weighted by Gasteiger charge is 2.22. The van der Waals surface area contributed by atoms with Gasteiger partial charge in [-0.1, -0.05) is 17.7 Å². The average molecular weight is 255 g/mol. The summed E-state index contributed by atoms with van der Waals surface area (Å²) in [5.74, 6) is 5.20. The van der Waals surface area contributed by atoms with E-state index >= 15 is 0 Å². The molecule has 1 fully saturated rings. The molecule has 0 aromatic heterocycles. The molecule has 2 rings (SSSR count). The highest BCUT2D eigenvalue weighted by atomic mass is 35.5. The molecule has 1 aromatic rings. The van der Waals surface area contributed by atoms with Gasteiger partial charge in [0.1, 0.15) is 0 Å². The lowest BCUT2D eigenvalue weighted by molar-refractivity contribution is 0.114. The summed E-state index contributed by atoms with van der Waals surface area (Å²) in [7, 11) is 0. The van der Waals surface area contributed by atoms with Crippen molar-refractivity contribution in [1.82, 2.24) is 0 Å². The van der Waals surface area contributed by atoms with Crippen LogP contribution in [0.5, 0.6) is 0 Å². The van der Waals surface area contributed by atoms with Crippen molar-refractivity contribution < 1.29 is 4.84 Å². The molecule has 0 saturated carbocycles. The van der Waals surface area contributed by atoms with Crippen molar-refractivity contribution in [2.75, 3.05) is 18.1 Å². The predicted molar refractivity (Wildman–Crippen MR) is 71.3 cm³/mol. The number of piperidine rings is 1. The Kier molecular flexibility index (Phi) is 4.26. The van der Waals surface area contributed by atoms with E-state index in [-0.39, 0.29) is 0 Å². The van der Waals surface area contributed by atoms with E-state index in [9.17, 15) is 0 Å². The van der Waals surface area contributed by atoms with Crippen LogP contribution in [0, 0.1) is 6.92 Å². The Morgan fingerprint density at radius 1 is 1.47 bits per heavy atom. The zero-order chi connectivity index (χ0) is 12.3. The van der Waals surface area contributed by atoms with Gasteiger partial charge in [-0.05, 0) is 43.9 Å². The maximum absolute atomic E-state index is 6.18. The van der Waals surface area contributed by atoms with Gasteiger partial charge in [0.15, 0.2) is 0 Å². The summed E-state index contributed by atoms with van der Waals surface area (Å²) in [5, 5.41) is 0.820. The van der Waals surface area contributed by atoms with E-state index in [1.165, 1.54) is 18.5 Å². The van der Waals surface area contributed by atoms with Crippen LogP contribution in [0.2, 0.25) is 5.02 Å². The molecule has 1 aromatic carbocycles. The van der Waals surface area contributed by atoms with Crippen molar-refractivity contribution in [2.45, 2.75) is 32.2 Å². The van der Waals surface area contributed by atoms with Crippen LogP contribution >= 0.6 is 11.6 Å². The Hall–Kier alpha value is -0.770. The SMILES string of the molecule is Cc1ccc(N2CCCCC2CON)cc1Cl. The fourth-order valence-electron chi connectivity index (χ4n) is 2.39. The van der Waals surface area contributed by atoms with E-state index in [1.807, 2.05) is 13.0 Å². The Bertz CT molecular complexity index is 382. The van der Waals surface area contributed by atoms with Gasteiger partial charge in [-0.2, -0.15) is 0 Å². The molecular formula is C13H19ClN2O. The van der Waals surface area contributed by atoms with Gasteiger partial charge in [0.2, 0.25) is 0 Å². The van der Waals surface area contributed by atoms with Crippen LogP contribution < -0.4 is 10.8 Å². The maximum Gasteiger partial charge on any atom is 0.0882 e. The molecule has 1 atom stereocenters. The van der Waals surface area contributed by atoms with Gasteiger partial charge in [0, 0.05) is 17.3 Å². The van der Waals surface area contributed by atoms with Gasteiger partial charge in [0.05, 0.1) is 12.6 Å². The molecule has 3 nitrogen and oxygen atoms in total. The van der Waals surface area contributed by atoms with Crippen LogP contribution in [-0.2, 0) is 4.84 Å². The number of halogens is 1. The standard InChI is InChI=1S/C13H19ClN2O/c1-10-5-6-11(8-13(10)14)16-7-3-2-4-12(16)9-17-15/h5-6,8,12H,2-4,7,9,15H2,1H3. The second kappa shape index (κ2) is 5.71. The summed E-state index contributed by atoms with van der Waals surface area (Å²) >= 11 is 6.18. The number of benzene rings is 1. The first kappa shape index (κ1) is 12.7. The molecule has 94 valence electrons. The van der Waals surface area contributed by atoms with E-state index in [0.717, 1.165) is 23.6 Å². The molecule has 0 bridgehead atoms. The second-order valence-electron chi connectivity index (χ2n) is 4.61. The molecule has 1 heterocycles. The predicted octanol–water partition coefficient (Wildman–Crippen LogP) is 2.90. The molecule has 0 aliphatic carbocycles. The third-order valence-corrected chi connectivity index (χ3v) is 3.81. The maximum atomic E-state index is 6.18. The summed E-state index contributed by atoms with van der Waals surface area (Å²) < 4.78 is 0. The van der Waals surface area contributed by atoms with Crippen molar-refractivity contribution in [3.8, 4) is 0 Å². The summed E-state index contributed by atoms with van der Waals surface area (Å²) in [6, 6.07) is 6.58. The molecule has 4 heteroatoms. The minimum Gasteiger partial charge on any atom is -0.366 e. The molecule has 0 radical (unpaired) electrons. The lowest BCUT2D eigenvalue weighted by atomic mass is 10.0. The van der Waals surface area contributed by atoms with Gasteiger partial charge in [-0.25, -0.2) is 5.90 Å². The third kappa shape index (κ3) is 2.92. The van der Waals surface area contributed by atoms with Gasteiger partial charge >= 0.3 is 0 Å². The number of rotatable bonds is 3. The molecule has 1 unspecified atom stereocenters. The third-order valence-electron chi connectivity index (χ3n) is 3.40. The number of anilines is 1. The lowest BCUT2D eigenvalue weighted by Gasteiger charge is -2.37. The van der Waals surface area contributed by atoms with Gasteiger partial charge < -0.3 is 9.74 Å². The van der Waals surface area contributed by atoms with Crippen molar-refractivity contribution in [1.29, 1.82) is 0 Å². The van der Waals surface area contributed by atoms with Crippen molar-refractivity contribution in [3.05, 3.63) is 28.8 Å². The van der Waals surface area contributed by atoms with Gasteiger partial charge in [0.25, 0.3) is 0 Å². The number of aryl methyl sites for hydroxylation is 1. The number of hydrogen-bond donors (Lipinski definition) is 1. The summed E-state index contributed by atoms with van der Waals surface area (Å²) in [5.41, 5.74) is 2.28. The van der Waals surface area contributed by atoms with Crippen LogP contribution in [0.25, 0.3) is 0 Å². The molecule has 1 aliphatic heterocycles. The van der Waals surface area contributed by atoms with E-state index < -0.39 is 0 Å². The highest BCUT2D eigenvalue weighted by molar-refractivity contribution is 6.31. The number of nitrogens with two attached hydrogens (primary N) is 1. The quantitative estimate of drug-likeness (QED) is 0.843. The summed E-state index contributed by atoms with van der Waals surface area (Å²) in [4.78, 5) is 7.16. The summed E-state index contributed by atoms with van der Waals surface area (Å²) in [6.45, 7) is 3.64. The average Bonchev–Trinajstić information content (AvgIpc) is 2.34. The van der Waals surface area contributed by atoms with Crippen molar-refractivity contribution in [3.63, 3.8) is 0 Å². The smallest absolute Gasteiger partial charge is 0.0882 e. The number of hydrogen-bond acceptors (Lipinski definition) is 3. The minimum absolute atomic E-state index is 0.368. The van der Waals surface area contributed by atoms with Crippen LogP contribution in [-0.4, -0.2) is 19.2 Å². The van der Waals surface area contributed by atoms with Gasteiger partial charge in [-0.3, -0.25) is 0 Å². The first-order valence-corrected chi connectivity index (χ1v) is 6.44. The topological polar surface area (TPSA) is 38.5 Å². The van der Waals surface area contributed by atoms with Crippen LogP contribution in [0.15, 0.2) is 18.2 Å². The fraction of sp³-hybridized carbons (Fsp3) is 0.538. The Balaban J connectivity index is 2.20. The fourth-order valence-corrected chi connectivity index (χ4v) is 2.56. The first-order chi connectivity index (χ1) is 8.22. The second-order valence-corrected chi connectivity index (χ2v) is 5.02. The Morgan fingerprint density at radius 3 is 3.00 bits per heavy atom. The lowest BCUT2D eigenvalue weighted by Crippen LogP contribution is -2.43. The molecular weight excluding hydrogens is 236 g/mol. The largest absolute Gasteiger partial charge is 0.366 e. The Morgan fingerprint density at radius 2 is 2.29 bits per heavy atom. The van der Waals surface area contributed by atoms with E-state index in [0.29, 0.717) is 12.6 Å². The Labute approximate surface area is 107 Å². The van der Waals surface area contributed by atoms with E-state index in [1.54, 1.807) is 0 Å². The zero-order valence-electron chi connectivity index (χ0n) is 10.2. The van der Waals surface area contributed by atoms with E-state index in [4.69, 9.17) is 22.3 Å². The molecule has 1 saturated heterocycles. The van der Waals surface area contributed by atoms with Crippen LogP contribution in [0.4, 0.5) is 5.69 Å². The molecule has 0 spiro atoms. The van der Waals surface area contributed by atoms with Gasteiger partial charge in [-0.15, -0.1) is 0 Å². The summed E-state index contributed by atoms with van der Waals surface area (Å²) in [6.07, 6.45) is 3.58. The van der Waals surface area contributed by atoms with Crippen LogP contribution in [0.3, 0.4) is 0 Å². The highest BCUT2D eigenvalue weighted by Crippen LogP contribution is 2.28. The van der Waals surface area contributed by atoms with E-state index in [2.05, 4.69) is 17.0 Å². The molecule has 2 N–H and O–H groups in total.